The Morgan fingerprint density at radius 1 is 1.06 bits per heavy atom. The highest BCUT2D eigenvalue weighted by Gasteiger charge is 2.20. The monoisotopic (exact) mass is 430 g/mol. The molecule has 1 saturated heterocycles. The molecule has 1 N–H and O–H groups in total. The van der Waals surface area contributed by atoms with Gasteiger partial charge in [-0.15, -0.1) is 0 Å². The van der Waals surface area contributed by atoms with Crippen LogP contribution in [-0.4, -0.2) is 58.9 Å². The number of hydrogen-bond acceptors (Lipinski definition) is 3. The molecule has 0 saturated carbocycles. The molecule has 2 aromatic carbocycles. The SMILES string of the molecule is CN1CCN(C(=O)CCCc2c(-c3ccc4ccccc4n3)[nH]c3ccc(F)cc23)CC1. The van der Waals surface area contributed by atoms with Gasteiger partial charge in [0.15, 0.2) is 0 Å². The highest BCUT2D eigenvalue weighted by molar-refractivity contribution is 5.91. The van der Waals surface area contributed by atoms with E-state index in [-0.39, 0.29) is 11.7 Å². The Hall–Kier alpha value is -3.25. The van der Waals surface area contributed by atoms with Crippen LogP contribution < -0.4 is 0 Å². The number of fused-ring (bicyclic) bond motifs is 2. The number of likely N-dealkylation sites (N-methyl/N-ethyl adjacent to an activating group) is 1. The van der Waals surface area contributed by atoms with Gasteiger partial charge in [0.25, 0.3) is 0 Å². The Morgan fingerprint density at radius 2 is 1.88 bits per heavy atom. The largest absolute Gasteiger partial charge is 0.353 e. The van der Waals surface area contributed by atoms with Gasteiger partial charge in [0.2, 0.25) is 5.91 Å². The second-order valence-corrected chi connectivity index (χ2v) is 8.60. The molecule has 0 atom stereocenters. The minimum atomic E-state index is -0.260. The number of nitrogens with one attached hydrogen (secondary N) is 1. The summed E-state index contributed by atoms with van der Waals surface area (Å²) in [5.41, 5.74) is 4.57. The lowest BCUT2D eigenvalue weighted by Crippen LogP contribution is -2.47. The van der Waals surface area contributed by atoms with Gasteiger partial charge >= 0.3 is 0 Å². The van der Waals surface area contributed by atoms with Crippen LogP contribution in [0.3, 0.4) is 0 Å². The zero-order chi connectivity index (χ0) is 22.1. The van der Waals surface area contributed by atoms with E-state index in [4.69, 9.17) is 4.98 Å². The van der Waals surface area contributed by atoms with Crippen molar-refractivity contribution < 1.29 is 9.18 Å². The van der Waals surface area contributed by atoms with E-state index in [2.05, 4.69) is 23.0 Å². The lowest BCUT2D eigenvalue weighted by Gasteiger charge is -2.32. The fourth-order valence-electron chi connectivity index (χ4n) is 4.53. The van der Waals surface area contributed by atoms with Crippen LogP contribution in [0.4, 0.5) is 4.39 Å². The molecule has 1 aliphatic heterocycles. The maximum atomic E-state index is 14.1. The number of aromatic amines is 1. The molecule has 0 bridgehead atoms. The first-order valence-electron chi connectivity index (χ1n) is 11.2. The predicted molar refractivity (Wildman–Crippen MR) is 126 cm³/mol. The first-order valence-corrected chi connectivity index (χ1v) is 11.2. The Bertz CT molecular complexity index is 1270. The summed E-state index contributed by atoms with van der Waals surface area (Å²) in [6.45, 7) is 3.43. The van der Waals surface area contributed by atoms with Gasteiger partial charge in [0.05, 0.1) is 16.9 Å². The summed E-state index contributed by atoms with van der Waals surface area (Å²) in [6.07, 6.45) is 1.90. The quantitative estimate of drug-likeness (QED) is 0.503. The molecule has 0 unspecified atom stereocenters. The van der Waals surface area contributed by atoms with E-state index in [1.54, 1.807) is 12.1 Å². The van der Waals surface area contributed by atoms with Gasteiger partial charge < -0.3 is 14.8 Å². The van der Waals surface area contributed by atoms with Crippen molar-refractivity contribution in [1.29, 1.82) is 0 Å². The molecule has 32 heavy (non-hydrogen) atoms. The Balaban J connectivity index is 1.42. The van der Waals surface area contributed by atoms with Crippen molar-refractivity contribution in [3.8, 4) is 11.4 Å². The summed E-state index contributed by atoms with van der Waals surface area (Å²) in [6, 6.07) is 16.9. The highest BCUT2D eigenvalue weighted by Crippen LogP contribution is 2.32. The van der Waals surface area contributed by atoms with Crippen LogP contribution in [0.5, 0.6) is 0 Å². The number of carbonyl (C=O) groups excluding carboxylic acids is 1. The van der Waals surface area contributed by atoms with E-state index in [1.807, 2.05) is 35.2 Å². The number of aryl methyl sites for hydroxylation is 1. The number of amides is 1. The fraction of sp³-hybridized carbons (Fsp3) is 0.308. The van der Waals surface area contributed by atoms with E-state index in [9.17, 15) is 9.18 Å². The van der Waals surface area contributed by atoms with Crippen LogP contribution in [0.25, 0.3) is 33.2 Å². The van der Waals surface area contributed by atoms with Gasteiger partial charge in [-0.1, -0.05) is 24.3 Å². The lowest BCUT2D eigenvalue weighted by atomic mass is 10.0. The molecular formula is C26H27FN4O. The van der Waals surface area contributed by atoms with Gasteiger partial charge in [-0.05, 0) is 55.8 Å². The summed E-state index contributed by atoms with van der Waals surface area (Å²) >= 11 is 0. The van der Waals surface area contributed by atoms with E-state index < -0.39 is 0 Å². The van der Waals surface area contributed by atoms with Crippen molar-refractivity contribution >= 4 is 27.7 Å². The number of carbonyl (C=O) groups is 1. The minimum absolute atomic E-state index is 0.203. The molecule has 1 amide bonds. The van der Waals surface area contributed by atoms with Crippen LogP contribution in [0.1, 0.15) is 18.4 Å². The van der Waals surface area contributed by atoms with Crippen molar-refractivity contribution in [2.24, 2.45) is 0 Å². The number of aromatic nitrogens is 2. The summed E-state index contributed by atoms with van der Waals surface area (Å²) in [5, 5.41) is 1.94. The number of rotatable bonds is 5. The number of para-hydroxylation sites is 1. The first-order chi connectivity index (χ1) is 15.6. The number of pyridine rings is 1. The molecule has 0 spiro atoms. The van der Waals surface area contributed by atoms with Crippen molar-refractivity contribution in [3.63, 3.8) is 0 Å². The summed E-state index contributed by atoms with van der Waals surface area (Å²) in [5.74, 6) is -0.0567. The van der Waals surface area contributed by atoms with Crippen molar-refractivity contribution in [2.45, 2.75) is 19.3 Å². The lowest BCUT2D eigenvalue weighted by molar-refractivity contribution is -0.132. The fourth-order valence-corrected chi connectivity index (χ4v) is 4.53. The van der Waals surface area contributed by atoms with E-state index in [1.165, 1.54) is 6.07 Å². The second-order valence-electron chi connectivity index (χ2n) is 8.60. The molecule has 0 radical (unpaired) electrons. The molecule has 3 heterocycles. The summed E-state index contributed by atoms with van der Waals surface area (Å²) in [7, 11) is 2.08. The zero-order valence-electron chi connectivity index (χ0n) is 18.3. The normalized spacial score (nSPS) is 15.0. The second kappa shape index (κ2) is 8.71. The predicted octanol–water partition coefficient (Wildman–Crippen LogP) is 4.62. The van der Waals surface area contributed by atoms with Gasteiger partial charge in [0.1, 0.15) is 5.82 Å². The third kappa shape index (κ3) is 4.10. The average molecular weight is 431 g/mol. The third-order valence-electron chi connectivity index (χ3n) is 6.40. The molecule has 1 aliphatic rings. The van der Waals surface area contributed by atoms with E-state index in [0.717, 1.165) is 71.4 Å². The Morgan fingerprint density at radius 3 is 2.72 bits per heavy atom. The van der Waals surface area contributed by atoms with E-state index in [0.29, 0.717) is 12.8 Å². The van der Waals surface area contributed by atoms with E-state index >= 15 is 0 Å². The molecule has 5 nitrogen and oxygen atoms in total. The number of nitrogens with zero attached hydrogens (tertiary/aromatic N) is 3. The molecule has 6 heteroatoms. The first kappa shape index (κ1) is 20.6. The van der Waals surface area contributed by atoms with Gasteiger partial charge in [-0.2, -0.15) is 0 Å². The summed E-state index contributed by atoms with van der Waals surface area (Å²) in [4.78, 5) is 25.2. The molecule has 1 fully saturated rings. The van der Waals surface area contributed by atoms with Gasteiger partial charge in [-0.3, -0.25) is 4.79 Å². The van der Waals surface area contributed by atoms with Crippen LogP contribution in [0.2, 0.25) is 0 Å². The van der Waals surface area contributed by atoms with Crippen molar-refractivity contribution in [3.05, 3.63) is 66.0 Å². The molecule has 2 aromatic heterocycles. The third-order valence-corrected chi connectivity index (χ3v) is 6.40. The zero-order valence-corrected chi connectivity index (χ0v) is 18.3. The maximum Gasteiger partial charge on any atom is 0.222 e. The summed E-state index contributed by atoms with van der Waals surface area (Å²) < 4.78 is 14.1. The molecule has 0 aliphatic carbocycles. The number of piperazine rings is 1. The number of halogens is 1. The smallest absolute Gasteiger partial charge is 0.222 e. The molecule has 4 aromatic rings. The topological polar surface area (TPSA) is 52.2 Å². The Labute approximate surface area is 186 Å². The minimum Gasteiger partial charge on any atom is -0.353 e. The van der Waals surface area contributed by atoms with Gasteiger partial charge in [-0.25, -0.2) is 9.37 Å². The average Bonchev–Trinajstić information content (AvgIpc) is 3.17. The van der Waals surface area contributed by atoms with Crippen LogP contribution in [-0.2, 0) is 11.2 Å². The Kier molecular flexibility index (Phi) is 5.62. The standard InChI is InChI=1S/C26H27FN4O/c1-30-13-15-31(16-14-30)25(32)8-4-6-20-21-17-19(27)10-12-23(21)29-26(20)24-11-9-18-5-2-3-7-22(18)28-24/h2-3,5,7,9-12,17,29H,4,6,8,13-16H2,1H3. The molecule has 164 valence electrons. The maximum absolute atomic E-state index is 14.1. The molecular weight excluding hydrogens is 403 g/mol. The number of hydrogen-bond donors (Lipinski definition) is 1. The van der Waals surface area contributed by atoms with Crippen LogP contribution in [0.15, 0.2) is 54.6 Å². The van der Waals surface area contributed by atoms with Crippen LogP contribution in [0, 0.1) is 5.82 Å². The van der Waals surface area contributed by atoms with Crippen LogP contribution >= 0.6 is 0 Å². The van der Waals surface area contributed by atoms with Crippen molar-refractivity contribution in [1.82, 2.24) is 19.8 Å². The number of benzene rings is 2. The van der Waals surface area contributed by atoms with Gasteiger partial charge in [0, 0.05) is 48.9 Å². The molecule has 5 rings (SSSR count). The number of H-pyrrole nitrogens is 1. The highest BCUT2D eigenvalue weighted by atomic mass is 19.1. The van der Waals surface area contributed by atoms with Crippen molar-refractivity contribution in [2.75, 3.05) is 33.2 Å².